The number of ether oxygens (including phenoxy) is 2. The molecule has 156 valence electrons. The molecule has 0 saturated carbocycles. The maximum Gasteiger partial charge on any atom is 0.319 e. The predicted molar refractivity (Wildman–Crippen MR) is 113 cm³/mol. The first-order valence-corrected chi connectivity index (χ1v) is 9.84. The fourth-order valence-electron chi connectivity index (χ4n) is 2.94. The average Bonchev–Trinajstić information content (AvgIpc) is 2.73. The van der Waals surface area contributed by atoms with Gasteiger partial charge in [-0.15, -0.1) is 0 Å². The van der Waals surface area contributed by atoms with Crippen molar-refractivity contribution in [3.05, 3.63) is 36.2 Å². The van der Waals surface area contributed by atoms with Gasteiger partial charge in [0, 0.05) is 37.9 Å². The molecule has 0 radical (unpaired) electrons. The van der Waals surface area contributed by atoms with Gasteiger partial charge in [0.05, 0.1) is 19.8 Å². The summed E-state index contributed by atoms with van der Waals surface area (Å²) >= 11 is 0. The Balaban J connectivity index is 1.42. The van der Waals surface area contributed by atoms with Gasteiger partial charge in [-0.05, 0) is 38.1 Å². The number of aryl methyl sites for hydroxylation is 1. The van der Waals surface area contributed by atoms with Crippen molar-refractivity contribution >= 4 is 23.4 Å². The number of rotatable bonds is 8. The molecule has 29 heavy (non-hydrogen) atoms. The number of hydrogen-bond donors (Lipinski definition) is 3. The summed E-state index contributed by atoms with van der Waals surface area (Å²) in [6.45, 7) is 8.48. The number of nitrogens with one attached hydrogen (secondary N) is 3. The Bertz CT molecular complexity index is 793. The normalized spacial score (nSPS) is 13.7. The highest BCUT2D eigenvalue weighted by atomic mass is 16.5. The lowest BCUT2D eigenvalue weighted by atomic mass is 10.3. The summed E-state index contributed by atoms with van der Waals surface area (Å²) in [6, 6.07) is 8.93. The fourth-order valence-corrected chi connectivity index (χ4v) is 2.94. The van der Waals surface area contributed by atoms with E-state index < -0.39 is 0 Å². The van der Waals surface area contributed by atoms with Crippen LogP contribution in [0.3, 0.4) is 0 Å². The average molecular weight is 400 g/mol. The van der Waals surface area contributed by atoms with Gasteiger partial charge in [-0.1, -0.05) is 0 Å². The van der Waals surface area contributed by atoms with E-state index in [1.807, 2.05) is 32.0 Å². The molecule has 0 unspecified atom stereocenters. The van der Waals surface area contributed by atoms with Crippen molar-refractivity contribution in [3.8, 4) is 5.75 Å². The molecule has 0 spiro atoms. The van der Waals surface area contributed by atoms with E-state index in [0.29, 0.717) is 44.4 Å². The van der Waals surface area contributed by atoms with E-state index in [-0.39, 0.29) is 6.03 Å². The van der Waals surface area contributed by atoms with Crippen molar-refractivity contribution < 1.29 is 14.3 Å². The summed E-state index contributed by atoms with van der Waals surface area (Å²) in [5, 5.41) is 8.85. The maximum absolute atomic E-state index is 12.0. The number of amides is 2. The van der Waals surface area contributed by atoms with Gasteiger partial charge in [0.15, 0.2) is 0 Å². The zero-order chi connectivity index (χ0) is 20.5. The van der Waals surface area contributed by atoms with Crippen LogP contribution in [0.15, 0.2) is 30.3 Å². The summed E-state index contributed by atoms with van der Waals surface area (Å²) in [6.07, 6.45) is 0. The monoisotopic (exact) mass is 400 g/mol. The second kappa shape index (κ2) is 10.5. The van der Waals surface area contributed by atoms with Crippen LogP contribution in [0.1, 0.15) is 12.7 Å². The minimum atomic E-state index is -0.260. The first-order chi connectivity index (χ1) is 14.1. The first kappa shape index (κ1) is 20.7. The van der Waals surface area contributed by atoms with E-state index in [9.17, 15) is 4.79 Å². The van der Waals surface area contributed by atoms with E-state index in [2.05, 4.69) is 30.8 Å². The van der Waals surface area contributed by atoms with Crippen molar-refractivity contribution in [2.45, 2.75) is 13.8 Å². The van der Waals surface area contributed by atoms with Crippen LogP contribution in [0.2, 0.25) is 0 Å². The second-order valence-corrected chi connectivity index (χ2v) is 6.52. The smallest absolute Gasteiger partial charge is 0.319 e. The van der Waals surface area contributed by atoms with E-state index in [0.717, 1.165) is 30.5 Å². The van der Waals surface area contributed by atoms with Crippen molar-refractivity contribution in [2.75, 3.05) is 61.5 Å². The van der Waals surface area contributed by atoms with E-state index in [1.54, 1.807) is 12.1 Å². The Morgan fingerprint density at radius 3 is 2.66 bits per heavy atom. The molecule has 0 aliphatic carbocycles. The van der Waals surface area contributed by atoms with Crippen LogP contribution < -0.4 is 25.6 Å². The zero-order valence-electron chi connectivity index (χ0n) is 16.9. The van der Waals surface area contributed by atoms with Gasteiger partial charge in [-0.2, -0.15) is 0 Å². The predicted octanol–water partition coefficient (Wildman–Crippen LogP) is 2.25. The maximum atomic E-state index is 12.0. The Labute approximate surface area is 170 Å². The van der Waals surface area contributed by atoms with Crippen LogP contribution in [0, 0.1) is 6.92 Å². The Hall–Kier alpha value is -3.07. The first-order valence-electron chi connectivity index (χ1n) is 9.84. The minimum absolute atomic E-state index is 0.260. The number of nitrogens with zero attached hydrogens (tertiary/aromatic N) is 3. The van der Waals surface area contributed by atoms with Crippen molar-refractivity contribution in [2.24, 2.45) is 0 Å². The second-order valence-electron chi connectivity index (χ2n) is 6.52. The number of hydrogen-bond acceptors (Lipinski definition) is 7. The molecule has 2 heterocycles. The molecule has 1 aliphatic heterocycles. The minimum Gasteiger partial charge on any atom is -0.494 e. The molecule has 3 N–H and O–H groups in total. The Morgan fingerprint density at radius 2 is 1.93 bits per heavy atom. The third kappa shape index (κ3) is 6.49. The summed E-state index contributed by atoms with van der Waals surface area (Å²) in [5.74, 6) is 3.12. The molecule has 1 aromatic heterocycles. The molecule has 3 rings (SSSR count). The number of benzene rings is 1. The van der Waals surface area contributed by atoms with Crippen molar-refractivity contribution in [1.29, 1.82) is 0 Å². The van der Waals surface area contributed by atoms with Crippen LogP contribution in [0.25, 0.3) is 0 Å². The Kier molecular flexibility index (Phi) is 7.46. The number of aromatic nitrogens is 2. The van der Waals surface area contributed by atoms with E-state index in [1.165, 1.54) is 0 Å². The number of urea groups is 1. The Morgan fingerprint density at radius 1 is 1.17 bits per heavy atom. The molecule has 2 amide bonds. The highest BCUT2D eigenvalue weighted by molar-refractivity contribution is 5.89. The molecule has 1 saturated heterocycles. The third-order valence-corrected chi connectivity index (χ3v) is 4.30. The fraction of sp³-hybridized carbons (Fsp3) is 0.450. The van der Waals surface area contributed by atoms with Gasteiger partial charge in [0.2, 0.25) is 0 Å². The van der Waals surface area contributed by atoms with Crippen molar-refractivity contribution in [1.82, 2.24) is 15.3 Å². The van der Waals surface area contributed by atoms with Crippen LogP contribution in [-0.2, 0) is 4.74 Å². The lowest BCUT2D eigenvalue weighted by Crippen LogP contribution is -2.37. The summed E-state index contributed by atoms with van der Waals surface area (Å²) < 4.78 is 10.8. The van der Waals surface area contributed by atoms with Gasteiger partial charge in [-0.25, -0.2) is 14.8 Å². The van der Waals surface area contributed by atoms with Crippen LogP contribution >= 0.6 is 0 Å². The summed E-state index contributed by atoms with van der Waals surface area (Å²) in [4.78, 5) is 23.1. The van der Waals surface area contributed by atoms with Gasteiger partial charge in [-0.3, -0.25) is 0 Å². The molecule has 9 nitrogen and oxygen atoms in total. The van der Waals surface area contributed by atoms with Gasteiger partial charge >= 0.3 is 6.03 Å². The number of carbonyl (C=O) groups is 1. The summed E-state index contributed by atoms with van der Waals surface area (Å²) in [5.41, 5.74) is 0.709. The quantitative estimate of drug-likeness (QED) is 0.584. The molecular formula is C20H28N6O3. The third-order valence-electron chi connectivity index (χ3n) is 4.30. The summed E-state index contributed by atoms with van der Waals surface area (Å²) in [7, 11) is 0. The van der Waals surface area contributed by atoms with Crippen LogP contribution in [-0.4, -0.2) is 62.0 Å². The van der Waals surface area contributed by atoms with Crippen molar-refractivity contribution in [3.63, 3.8) is 0 Å². The molecule has 9 heteroatoms. The molecule has 2 aromatic rings. The SMILES string of the molecule is CCOc1ccc(NC(=O)NCCNc2cc(N3CCOCC3)nc(C)n2)cc1. The topological polar surface area (TPSA) is 101 Å². The van der Waals surface area contributed by atoms with Crippen LogP contribution in [0.4, 0.5) is 22.1 Å². The lowest BCUT2D eigenvalue weighted by Gasteiger charge is -2.28. The number of carbonyl (C=O) groups excluding carboxylic acids is 1. The highest BCUT2D eigenvalue weighted by Crippen LogP contribution is 2.17. The molecular weight excluding hydrogens is 372 g/mol. The van der Waals surface area contributed by atoms with Gasteiger partial charge < -0.3 is 30.3 Å². The van der Waals surface area contributed by atoms with Gasteiger partial charge in [0.25, 0.3) is 0 Å². The number of anilines is 3. The van der Waals surface area contributed by atoms with Crippen LogP contribution in [0.5, 0.6) is 5.75 Å². The molecule has 1 aliphatic rings. The molecule has 0 atom stereocenters. The molecule has 1 fully saturated rings. The zero-order valence-corrected chi connectivity index (χ0v) is 16.9. The standard InChI is InChI=1S/C20H28N6O3/c1-3-29-17-6-4-16(5-7-17)25-20(27)22-9-8-21-18-14-19(24-15(2)23-18)26-10-12-28-13-11-26/h4-7,14H,3,8-13H2,1-2H3,(H,21,23,24)(H2,22,25,27). The highest BCUT2D eigenvalue weighted by Gasteiger charge is 2.14. The molecule has 0 bridgehead atoms. The van der Waals surface area contributed by atoms with E-state index in [4.69, 9.17) is 9.47 Å². The largest absolute Gasteiger partial charge is 0.494 e. The number of morpholine rings is 1. The lowest BCUT2D eigenvalue weighted by molar-refractivity contribution is 0.122. The van der Waals surface area contributed by atoms with E-state index >= 15 is 0 Å². The van der Waals surface area contributed by atoms with Gasteiger partial charge in [0.1, 0.15) is 23.2 Å². The molecule has 1 aromatic carbocycles.